The van der Waals surface area contributed by atoms with Gasteiger partial charge < -0.3 is 4.90 Å². The number of anilines is 3. The van der Waals surface area contributed by atoms with Crippen LogP contribution in [0.2, 0.25) is 0 Å². The number of nitrogens with zero attached hydrogens (tertiary/aromatic N) is 1. The molecule has 0 fully saturated rings. The maximum absolute atomic E-state index is 2.38. The van der Waals surface area contributed by atoms with Gasteiger partial charge in [0.2, 0.25) is 0 Å². The van der Waals surface area contributed by atoms with Gasteiger partial charge in [0.25, 0.3) is 0 Å². The smallest absolute Gasteiger partial charge is 0.0468 e. The zero-order valence-electron chi connectivity index (χ0n) is 24.7. The number of rotatable bonds is 4. The van der Waals surface area contributed by atoms with Crippen LogP contribution in [-0.4, -0.2) is 0 Å². The Balaban J connectivity index is 1.22. The molecule has 0 saturated heterocycles. The molecule has 0 atom stereocenters. The van der Waals surface area contributed by atoms with E-state index >= 15 is 0 Å². The van der Waals surface area contributed by atoms with Gasteiger partial charge in [-0.05, 0) is 101 Å². The van der Waals surface area contributed by atoms with E-state index in [1.165, 1.54) is 65.0 Å². The first-order valence-electron chi connectivity index (χ1n) is 15.5. The zero-order valence-corrected chi connectivity index (χ0v) is 24.7. The molecule has 0 aromatic heterocycles. The standard InChI is InChI=1S/C44H29N/c1-2-8-30(9-3-1)31-16-20-36(21-17-31)45(37-22-26-41-34(28-37)15-14-32-10-4-6-12-39(32)41)38-23-27-42-35(29-38)19-25-43-40-13-7-5-11-33(40)18-24-44(42)43/h1-29H. The summed E-state index contributed by atoms with van der Waals surface area (Å²) in [5, 5.41) is 12.7. The van der Waals surface area contributed by atoms with Crippen molar-refractivity contribution in [1.29, 1.82) is 0 Å². The van der Waals surface area contributed by atoms with Crippen LogP contribution in [0.3, 0.4) is 0 Å². The van der Waals surface area contributed by atoms with Gasteiger partial charge in [-0.15, -0.1) is 0 Å². The van der Waals surface area contributed by atoms with E-state index in [9.17, 15) is 0 Å². The summed E-state index contributed by atoms with van der Waals surface area (Å²) in [7, 11) is 0. The van der Waals surface area contributed by atoms with E-state index < -0.39 is 0 Å². The average Bonchev–Trinajstić information content (AvgIpc) is 3.12. The Labute approximate surface area is 262 Å². The van der Waals surface area contributed by atoms with Crippen LogP contribution in [0.15, 0.2) is 176 Å². The van der Waals surface area contributed by atoms with Gasteiger partial charge in [-0.25, -0.2) is 0 Å². The molecule has 1 nitrogen and oxygen atoms in total. The van der Waals surface area contributed by atoms with Crippen LogP contribution in [0.4, 0.5) is 17.1 Å². The van der Waals surface area contributed by atoms with Gasteiger partial charge in [-0.2, -0.15) is 0 Å². The molecule has 0 unspecified atom stereocenters. The predicted molar refractivity (Wildman–Crippen MR) is 194 cm³/mol. The van der Waals surface area contributed by atoms with Crippen LogP contribution >= 0.6 is 0 Å². The molecule has 9 aromatic carbocycles. The second-order valence-electron chi connectivity index (χ2n) is 11.8. The van der Waals surface area contributed by atoms with Crippen LogP contribution in [0.1, 0.15) is 0 Å². The van der Waals surface area contributed by atoms with Crippen molar-refractivity contribution in [2.75, 3.05) is 4.90 Å². The molecule has 0 aliphatic heterocycles. The highest BCUT2D eigenvalue weighted by Crippen LogP contribution is 2.40. The van der Waals surface area contributed by atoms with E-state index in [2.05, 4.69) is 181 Å². The molecule has 0 aliphatic rings. The van der Waals surface area contributed by atoms with E-state index in [1.807, 2.05) is 0 Å². The Bertz CT molecular complexity index is 2530. The maximum Gasteiger partial charge on any atom is 0.0468 e. The molecule has 1 heteroatoms. The topological polar surface area (TPSA) is 3.24 Å². The minimum absolute atomic E-state index is 1.13. The molecule has 0 amide bonds. The molecule has 0 radical (unpaired) electrons. The molecule has 0 bridgehead atoms. The summed E-state index contributed by atoms with van der Waals surface area (Å²) in [5.41, 5.74) is 5.83. The predicted octanol–water partition coefficient (Wildman–Crippen LogP) is 12.6. The van der Waals surface area contributed by atoms with E-state index in [4.69, 9.17) is 0 Å². The number of hydrogen-bond donors (Lipinski definition) is 0. The summed E-state index contributed by atoms with van der Waals surface area (Å²) in [6.07, 6.45) is 0. The van der Waals surface area contributed by atoms with Gasteiger partial charge in [0.05, 0.1) is 0 Å². The highest BCUT2D eigenvalue weighted by Gasteiger charge is 2.16. The van der Waals surface area contributed by atoms with Crippen molar-refractivity contribution in [3.05, 3.63) is 176 Å². The Morgan fingerprint density at radius 2 is 0.644 bits per heavy atom. The van der Waals surface area contributed by atoms with Crippen molar-refractivity contribution in [1.82, 2.24) is 0 Å². The first kappa shape index (κ1) is 25.6. The third-order valence-electron chi connectivity index (χ3n) is 9.20. The van der Waals surface area contributed by atoms with E-state index in [1.54, 1.807) is 0 Å². The van der Waals surface area contributed by atoms with Crippen molar-refractivity contribution < 1.29 is 0 Å². The number of benzene rings is 9. The second-order valence-corrected chi connectivity index (χ2v) is 11.8. The van der Waals surface area contributed by atoms with Crippen molar-refractivity contribution in [2.24, 2.45) is 0 Å². The fourth-order valence-corrected chi connectivity index (χ4v) is 6.98. The Hall–Kier alpha value is -5.92. The van der Waals surface area contributed by atoms with E-state index in [0.29, 0.717) is 0 Å². The van der Waals surface area contributed by atoms with Crippen molar-refractivity contribution in [3.63, 3.8) is 0 Å². The number of hydrogen-bond acceptors (Lipinski definition) is 1. The highest BCUT2D eigenvalue weighted by atomic mass is 15.1. The lowest BCUT2D eigenvalue weighted by Crippen LogP contribution is -2.10. The van der Waals surface area contributed by atoms with Crippen LogP contribution < -0.4 is 4.90 Å². The van der Waals surface area contributed by atoms with Gasteiger partial charge in [0.15, 0.2) is 0 Å². The first-order valence-corrected chi connectivity index (χ1v) is 15.5. The third kappa shape index (κ3) is 4.32. The fraction of sp³-hybridized carbons (Fsp3) is 0. The monoisotopic (exact) mass is 571 g/mol. The van der Waals surface area contributed by atoms with Crippen LogP contribution in [0.25, 0.3) is 65.0 Å². The van der Waals surface area contributed by atoms with E-state index in [0.717, 1.165) is 17.1 Å². The van der Waals surface area contributed by atoms with Gasteiger partial charge in [-0.1, -0.05) is 140 Å². The van der Waals surface area contributed by atoms with E-state index in [-0.39, 0.29) is 0 Å². The minimum atomic E-state index is 1.13. The molecule has 0 N–H and O–H groups in total. The summed E-state index contributed by atoms with van der Waals surface area (Å²) in [6.45, 7) is 0. The van der Waals surface area contributed by atoms with Crippen LogP contribution in [0.5, 0.6) is 0 Å². The Kier molecular flexibility index (Phi) is 5.89. The van der Waals surface area contributed by atoms with Gasteiger partial charge in [0, 0.05) is 17.1 Å². The summed E-state index contributed by atoms with van der Waals surface area (Å²) >= 11 is 0. The Morgan fingerprint density at radius 1 is 0.244 bits per heavy atom. The SMILES string of the molecule is c1ccc(-c2ccc(N(c3ccc4c(ccc5ccccc54)c3)c3ccc4c(ccc5c6ccccc6ccc45)c3)cc2)cc1. The van der Waals surface area contributed by atoms with Crippen LogP contribution in [0, 0.1) is 0 Å². The Morgan fingerprint density at radius 3 is 1.29 bits per heavy atom. The normalized spacial score (nSPS) is 11.6. The largest absolute Gasteiger partial charge is 0.310 e. The molecule has 0 aliphatic carbocycles. The fourth-order valence-electron chi connectivity index (χ4n) is 6.98. The molecule has 9 rings (SSSR count). The van der Waals surface area contributed by atoms with Crippen molar-refractivity contribution >= 4 is 70.9 Å². The molecule has 0 spiro atoms. The van der Waals surface area contributed by atoms with Crippen molar-refractivity contribution in [2.45, 2.75) is 0 Å². The average molecular weight is 572 g/mol. The van der Waals surface area contributed by atoms with Gasteiger partial charge in [0.1, 0.15) is 0 Å². The summed E-state index contributed by atoms with van der Waals surface area (Å²) in [5.74, 6) is 0. The lowest BCUT2D eigenvalue weighted by atomic mass is 9.96. The zero-order chi connectivity index (χ0) is 29.7. The quantitative estimate of drug-likeness (QED) is 0.190. The van der Waals surface area contributed by atoms with Gasteiger partial charge >= 0.3 is 0 Å². The molecule has 45 heavy (non-hydrogen) atoms. The molecule has 0 heterocycles. The summed E-state index contributed by atoms with van der Waals surface area (Å²) in [4.78, 5) is 2.38. The molecule has 9 aromatic rings. The summed E-state index contributed by atoms with van der Waals surface area (Å²) < 4.78 is 0. The minimum Gasteiger partial charge on any atom is -0.310 e. The molecule has 0 saturated carbocycles. The highest BCUT2D eigenvalue weighted by molar-refractivity contribution is 6.17. The first-order chi connectivity index (χ1) is 22.3. The molecular weight excluding hydrogens is 542 g/mol. The third-order valence-corrected chi connectivity index (χ3v) is 9.20. The maximum atomic E-state index is 2.38. The lowest BCUT2D eigenvalue weighted by molar-refractivity contribution is 1.29. The van der Waals surface area contributed by atoms with Gasteiger partial charge in [-0.3, -0.25) is 0 Å². The van der Waals surface area contributed by atoms with Crippen LogP contribution in [-0.2, 0) is 0 Å². The van der Waals surface area contributed by atoms with Crippen molar-refractivity contribution in [3.8, 4) is 11.1 Å². The number of fused-ring (bicyclic) bond motifs is 8. The summed E-state index contributed by atoms with van der Waals surface area (Å²) in [6, 6.07) is 64.1. The lowest BCUT2D eigenvalue weighted by Gasteiger charge is -2.26. The molecular formula is C44H29N. The second kappa shape index (κ2) is 10.4. The molecule has 210 valence electrons.